The van der Waals surface area contributed by atoms with Gasteiger partial charge in [-0.2, -0.15) is 0 Å². The number of carbonyl (C=O) groups is 1. The van der Waals surface area contributed by atoms with Gasteiger partial charge in [0.15, 0.2) is 11.3 Å². The maximum Gasteiger partial charge on any atom is 0.407 e. The highest BCUT2D eigenvalue weighted by Gasteiger charge is 2.24. The van der Waals surface area contributed by atoms with E-state index in [9.17, 15) is 4.79 Å². The van der Waals surface area contributed by atoms with Crippen LogP contribution < -0.4 is 5.32 Å². The number of hydrogen-bond acceptors (Lipinski definition) is 5. The van der Waals surface area contributed by atoms with E-state index in [2.05, 4.69) is 29.9 Å². The molecular formula is C20H28N6O2. The fraction of sp³-hybridized carbons (Fsp3) is 0.600. The molecule has 1 saturated carbocycles. The molecule has 3 aromatic rings. The van der Waals surface area contributed by atoms with Gasteiger partial charge in [0.2, 0.25) is 0 Å². The largest absolute Gasteiger partial charge is 0.444 e. The van der Waals surface area contributed by atoms with Gasteiger partial charge in [-0.15, -0.1) is 10.2 Å². The van der Waals surface area contributed by atoms with Gasteiger partial charge in [0.1, 0.15) is 11.4 Å². The topological polar surface area (TPSA) is 97.2 Å². The third-order valence-corrected chi connectivity index (χ3v) is 5.38. The summed E-state index contributed by atoms with van der Waals surface area (Å²) in [7, 11) is 0. The summed E-state index contributed by atoms with van der Waals surface area (Å²) in [4.78, 5) is 19.3. The zero-order valence-electron chi connectivity index (χ0n) is 16.7. The molecule has 2 N–H and O–H groups in total. The molecule has 0 aromatic carbocycles. The Morgan fingerprint density at radius 3 is 2.75 bits per heavy atom. The Morgan fingerprint density at radius 1 is 1.25 bits per heavy atom. The van der Waals surface area contributed by atoms with E-state index in [1.807, 2.05) is 33.0 Å². The summed E-state index contributed by atoms with van der Waals surface area (Å²) in [5.41, 5.74) is 2.21. The molecule has 0 radical (unpaired) electrons. The summed E-state index contributed by atoms with van der Waals surface area (Å²) < 4.78 is 7.42. The molecule has 8 nitrogen and oxygen atoms in total. The average Bonchev–Trinajstić information content (AvgIpc) is 3.26. The Bertz CT molecular complexity index is 962. The minimum Gasteiger partial charge on any atom is -0.444 e. The number of fused-ring (bicyclic) bond motifs is 3. The Labute approximate surface area is 164 Å². The Hall–Kier alpha value is -2.64. The van der Waals surface area contributed by atoms with Crippen LogP contribution in [0.25, 0.3) is 16.8 Å². The highest BCUT2D eigenvalue weighted by atomic mass is 16.6. The third kappa shape index (κ3) is 4.10. The first-order valence-corrected chi connectivity index (χ1v) is 10.0. The first-order valence-electron chi connectivity index (χ1n) is 10.0. The number of ether oxygens (including phenoxy) is 1. The number of nitrogens with one attached hydrogen (secondary N) is 2. The average molecular weight is 384 g/mol. The van der Waals surface area contributed by atoms with Gasteiger partial charge in [-0.05, 0) is 64.4 Å². The number of hydrogen-bond donors (Lipinski definition) is 2. The standard InChI is InChI=1S/C20H28N6O2/c1-20(2,3)28-19(27)23-11-14-6-4-13(5-7-14)10-16-24-25-17-12-22-18-15(26(16)17)8-9-21-18/h8-9,12-14,21H,4-7,10-11H2,1-3H3,(H,23,27). The molecule has 28 heavy (non-hydrogen) atoms. The van der Waals surface area contributed by atoms with Crippen LogP contribution in [0.3, 0.4) is 0 Å². The van der Waals surface area contributed by atoms with Crippen LogP contribution in [0.4, 0.5) is 4.79 Å². The molecule has 1 aliphatic carbocycles. The fourth-order valence-corrected chi connectivity index (χ4v) is 4.01. The van der Waals surface area contributed by atoms with Crippen molar-refractivity contribution in [2.24, 2.45) is 11.8 Å². The number of H-pyrrole nitrogens is 1. The van der Waals surface area contributed by atoms with Crippen molar-refractivity contribution < 1.29 is 9.53 Å². The lowest BCUT2D eigenvalue weighted by molar-refractivity contribution is 0.0513. The van der Waals surface area contributed by atoms with Crippen LogP contribution in [-0.2, 0) is 11.2 Å². The number of amides is 1. The van der Waals surface area contributed by atoms with Crippen LogP contribution >= 0.6 is 0 Å². The lowest BCUT2D eigenvalue weighted by Gasteiger charge is -2.28. The van der Waals surface area contributed by atoms with Crippen LogP contribution in [0.5, 0.6) is 0 Å². The van der Waals surface area contributed by atoms with Crippen LogP contribution in [0.15, 0.2) is 18.5 Å². The first kappa shape index (κ1) is 18.7. The molecule has 150 valence electrons. The molecule has 0 aliphatic heterocycles. The fourth-order valence-electron chi connectivity index (χ4n) is 4.01. The Morgan fingerprint density at radius 2 is 2.00 bits per heavy atom. The normalized spacial score (nSPS) is 20.5. The number of alkyl carbamates (subject to hydrolysis) is 1. The van der Waals surface area contributed by atoms with E-state index >= 15 is 0 Å². The number of aromatic amines is 1. The van der Waals surface area contributed by atoms with Crippen LogP contribution in [-0.4, -0.2) is 42.8 Å². The second-order valence-corrected chi connectivity index (χ2v) is 8.75. The highest BCUT2D eigenvalue weighted by Crippen LogP contribution is 2.31. The van der Waals surface area contributed by atoms with Gasteiger partial charge in [0.25, 0.3) is 0 Å². The zero-order valence-corrected chi connectivity index (χ0v) is 16.7. The second kappa shape index (κ2) is 7.41. The number of carbonyl (C=O) groups excluding carboxylic acids is 1. The molecule has 4 rings (SSSR count). The summed E-state index contributed by atoms with van der Waals surface area (Å²) in [5.74, 6) is 2.10. The molecule has 0 saturated heterocycles. The smallest absolute Gasteiger partial charge is 0.407 e. The predicted octanol–water partition coefficient (Wildman–Crippen LogP) is 3.48. The van der Waals surface area contributed by atoms with Crippen LogP contribution in [0.1, 0.15) is 52.3 Å². The minimum atomic E-state index is -0.455. The van der Waals surface area contributed by atoms with Crippen molar-refractivity contribution in [1.82, 2.24) is 29.9 Å². The van der Waals surface area contributed by atoms with Crippen molar-refractivity contribution in [3.8, 4) is 0 Å². The van der Waals surface area contributed by atoms with Crippen molar-refractivity contribution in [2.75, 3.05) is 6.54 Å². The van der Waals surface area contributed by atoms with Crippen LogP contribution in [0.2, 0.25) is 0 Å². The molecule has 3 aromatic heterocycles. The van der Waals surface area contributed by atoms with Gasteiger partial charge in [0, 0.05) is 19.2 Å². The number of aromatic nitrogens is 5. The van der Waals surface area contributed by atoms with Crippen LogP contribution in [0, 0.1) is 11.8 Å². The Kier molecular flexibility index (Phi) is 4.95. The third-order valence-electron chi connectivity index (χ3n) is 5.38. The molecular weight excluding hydrogens is 356 g/mol. The van der Waals surface area contributed by atoms with E-state index in [4.69, 9.17) is 4.74 Å². The van der Waals surface area contributed by atoms with Gasteiger partial charge < -0.3 is 15.0 Å². The highest BCUT2D eigenvalue weighted by molar-refractivity contribution is 5.74. The molecule has 0 spiro atoms. The molecule has 0 bridgehead atoms. The van der Waals surface area contributed by atoms with Gasteiger partial charge in [0.05, 0.1) is 11.7 Å². The monoisotopic (exact) mass is 384 g/mol. The van der Waals surface area contributed by atoms with Crippen molar-refractivity contribution in [2.45, 2.75) is 58.5 Å². The van der Waals surface area contributed by atoms with Crippen molar-refractivity contribution >= 4 is 22.9 Å². The van der Waals surface area contributed by atoms with Crippen molar-refractivity contribution in [3.63, 3.8) is 0 Å². The van der Waals surface area contributed by atoms with Gasteiger partial charge in [-0.3, -0.25) is 4.40 Å². The minimum absolute atomic E-state index is 0.325. The van der Waals surface area contributed by atoms with E-state index < -0.39 is 5.60 Å². The Balaban J connectivity index is 1.32. The van der Waals surface area contributed by atoms with Gasteiger partial charge in [-0.25, -0.2) is 9.78 Å². The first-order chi connectivity index (χ1) is 13.4. The van der Waals surface area contributed by atoms with Crippen molar-refractivity contribution in [3.05, 3.63) is 24.3 Å². The summed E-state index contributed by atoms with van der Waals surface area (Å²) in [6, 6.07) is 2.02. The van der Waals surface area contributed by atoms with E-state index in [1.54, 1.807) is 6.20 Å². The second-order valence-electron chi connectivity index (χ2n) is 8.75. The van der Waals surface area contributed by atoms with E-state index in [1.165, 1.54) is 0 Å². The van der Waals surface area contributed by atoms with Crippen molar-refractivity contribution in [1.29, 1.82) is 0 Å². The maximum atomic E-state index is 11.8. The van der Waals surface area contributed by atoms with Gasteiger partial charge in [-0.1, -0.05) is 0 Å². The molecule has 1 fully saturated rings. The number of nitrogens with zero attached hydrogens (tertiary/aromatic N) is 4. The molecule has 0 atom stereocenters. The van der Waals surface area contributed by atoms with Gasteiger partial charge >= 0.3 is 6.09 Å². The molecule has 0 unspecified atom stereocenters. The molecule has 1 amide bonds. The zero-order chi connectivity index (χ0) is 19.7. The maximum absolute atomic E-state index is 11.8. The predicted molar refractivity (Wildman–Crippen MR) is 106 cm³/mol. The summed E-state index contributed by atoms with van der Waals surface area (Å²) >= 11 is 0. The quantitative estimate of drug-likeness (QED) is 0.718. The SMILES string of the molecule is CC(C)(C)OC(=O)NCC1CCC(Cc2nnc3cnc4[nH]ccc4n23)CC1. The lowest BCUT2D eigenvalue weighted by Crippen LogP contribution is -2.36. The van der Waals surface area contributed by atoms with E-state index in [0.29, 0.717) is 18.4 Å². The van der Waals surface area contributed by atoms with E-state index in [0.717, 1.165) is 54.7 Å². The summed E-state index contributed by atoms with van der Waals surface area (Å²) in [6.45, 7) is 6.32. The number of rotatable bonds is 4. The molecule has 8 heteroatoms. The summed E-state index contributed by atoms with van der Waals surface area (Å²) in [6.07, 6.45) is 8.73. The lowest BCUT2D eigenvalue weighted by atomic mass is 9.80. The molecule has 3 heterocycles. The van der Waals surface area contributed by atoms with E-state index in [-0.39, 0.29) is 6.09 Å². The molecule has 1 aliphatic rings. The summed E-state index contributed by atoms with van der Waals surface area (Å²) in [5, 5.41) is 11.6.